The summed E-state index contributed by atoms with van der Waals surface area (Å²) in [6.07, 6.45) is 1.21. The molecule has 1 atom stereocenters. The molecule has 1 aromatic carbocycles. The number of nitrogens with one attached hydrogen (secondary N) is 1. The first kappa shape index (κ1) is 15.3. The molecule has 0 unspecified atom stereocenters. The van der Waals surface area contributed by atoms with Crippen LogP contribution in [0.2, 0.25) is 0 Å². The first-order valence-corrected chi connectivity index (χ1v) is 7.04. The number of carbonyl (C=O) groups is 2. The van der Waals surface area contributed by atoms with Gasteiger partial charge in [-0.25, -0.2) is 0 Å². The van der Waals surface area contributed by atoms with Crippen molar-refractivity contribution in [2.75, 3.05) is 32.8 Å². The van der Waals surface area contributed by atoms with Gasteiger partial charge in [0.25, 0.3) is 0 Å². The molecule has 1 fully saturated rings. The molecular formula is C16H20N2O3. The quantitative estimate of drug-likeness (QED) is 0.820. The van der Waals surface area contributed by atoms with Crippen LogP contribution in [0.1, 0.15) is 11.5 Å². The third-order valence-electron chi connectivity index (χ3n) is 3.49. The lowest BCUT2D eigenvalue weighted by Crippen LogP contribution is -2.45. The number of hydrogen-bond acceptors (Lipinski definition) is 3. The van der Waals surface area contributed by atoms with E-state index in [1.807, 2.05) is 30.3 Å². The summed E-state index contributed by atoms with van der Waals surface area (Å²) in [6.45, 7) is 6.00. The summed E-state index contributed by atoms with van der Waals surface area (Å²) < 4.78 is 5.27. The highest BCUT2D eigenvalue weighted by Gasteiger charge is 2.27. The summed E-state index contributed by atoms with van der Waals surface area (Å²) in [5.74, 6) is -0.632. The average molecular weight is 288 g/mol. The number of nitrogens with zero attached hydrogens (tertiary/aromatic N) is 1. The Hall–Kier alpha value is -2.14. The first-order chi connectivity index (χ1) is 10.2. The summed E-state index contributed by atoms with van der Waals surface area (Å²) in [7, 11) is 0. The van der Waals surface area contributed by atoms with Crippen molar-refractivity contribution in [1.29, 1.82) is 0 Å². The van der Waals surface area contributed by atoms with E-state index in [0.717, 1.165) is 5.56 Å². The Bertz CT molecular complexity index is 496. The Morgan fingerprint density at radius 2 is 1.95 bits per heavy atom. The van der Waals surface area contributed by atoms with Crippen molar-refractivity contribution in [2.45, 2.75) is 5.92 Å². The SMILES string of the molecule is C=CC(=O)NC[C@@H](C(=O)N1CCOCC1)c1ccccc1. The van der Waals surface area contributed by atoms with E-state index < -0.39 is 0 Å². The molecular weight excluding hydrogens is 268 g/mol. The number of morpholine rings is 1. The largest absolute Gasteiger partial charge is 0.378 e. The highest BCUT2D eigenvalue weighted by atomic mass is 16.5. The van der Waals surface area contributed by atoms with Crippen LogP contribution in [0.4, 0.5) is 0 Å². The molecule has 0 aliphatic carbocycles. The molecule has 1 aromatic rings. The highest BCUT2D eigenvalue weighted by molar-refractivity contribution is 5.88. The minimum absolute atomic E-state index is 0.0221. The first-order valence-electron chi connectivity index (χ1n) is 7.04. The number of amides is 2. The molecule has 1 saturated heterocycles. The Morgan fingerprint density at radius 1 is 1.29 bits per heavy atom. The molecule has 21 heavy (non-hydrogen) atoms. The van der Waals surface area contributed by atoms with Gasteiger partial charge in [-0.3, -0.25) is 9.59 Å². The monoisotopic (exact) mass is 288 g/mol. The Morgan fingerprint density at radius 3 is 2.57 bits per heavy atom. The van der Waals surface area contributed by atoms with Crippen molar-refractivity contribution in [1.82, 2.24) is 10.2 Å². The molecule has 0 radical (unpaired) electrons. The molecule has 1 N–H and O–H groups in total. The molecule has 0 saturated carbocycles. The fourth-order valence-corrected chi connectivity index (χ4v) is 2.31. The number of rotatable bonds is 5. The van der Waals surface area contributed by atoms with E-state index in [1.54, 1.807) is 4.90 Å². The van der Waals surface area contributed by atoms with E-state index in [1.165, 1.54) is 6.08 Å². The number of hydrogen-bond donors (Lipinski definition) is 1. The zero-order valence-electron chi connectivity index (χ0n) is 12.0. The van der Waals surface area contributed by atoms with Gasteiger partial charge in [-0.15, -0.1) is 0 Å². The predicted octanol–water partition coefficient (Wildman–Crippen LogP) is 0.931. The van der Waals surface area contributed by atoms with Gasteiger partial charge in [-0.1, -0.05) is 36.9 Å². The molecule has 112 valence electrons. The topological polar surface area (TPSA) is 58.6 Å². The molecule has 0 spiro atoms. The van der Waals surface area contributed by atoms with E-state index in [2.05, 4.69) is 11.9 Å². The smallest absolute Gasteiger partial charge is 0.243 e. The van der Waals surface area contributed by atoms with Gasteiger partial charge < -0.3 is 15.0 Å². The zero-order chi connectivity index (χ0) is 15.1. The van der Waals surface area contributed by atoms with Gasteiger partial charge in [0.05, 0.1) is 19.1 Å². The van der Waals surface area contributed by atoms with Gasteiger partial charge >= 0.3 is 0 Å². The molecule has 5 heteroatoms. The second-order valence-electron chi connectivity index (χ2n) is 4.85. The number of benzene rings is 1. The normalized spacial score (nSPS) is 16.1. The van der Waals surface area contributed by atoms with Gasteiger partial charge in [0.1, 0.15) is 0 Å². The highest BCUT2D eigenvalue weighted by Crippen LogP contribution is 2.18. The molecule has 5 nitrogen and oxygen atoms in total. The molecule has 1 heterocycles. The van der Waals surface area contributed by atoms with Crippen molar-refractivity contribution >= 4 is 11.8 Å². The summed E-state index contributed by atoms with van der Waals surface area (Å²) in [5.41, 5.74) is 0.901. The third kappa shape index (κ3) is 4.16. The minimum Gasteiger partial charge on any atom is -0.378 e. The second-order valence-corrected chi connectivity index (χ2v) is 4.85. The van der Waals surface area contributed by atoms with Crippen LogP contribution in [0.5, 0.6) is 0 Å². The zero-order valence-corrected chi connectivity index (χ0v) is 12.0. The maximum atomic E-state index is 12.7. The lowest BCUT2D eigenvalue weighted by molar-refractivity contribution is -0.136. The van der Waals surface area contributed by atoms with Crippen LogP contribution in [0.3, 0.4) is 0 Å². The average Bonchev–Trinajstić information content (AvgIpc) is 2.56. The van der Waals surface area contributed by atoms with Gasteiger partial charge in [0.2, 0.25) is 11.8 Å². The van der Waals surface area contributed by atoms with E-state index in [-0.39, 0.29) is 24.3 Å². The number of carbonyl (C=O) groups excluding carboxylic acids is 2. The standard InChI is InChI=1S/C16H20N2O3/c1-2-15(19)17-12-14(13-6-4-3-5-7-13)16(20)18-8-10-21-11-9-18/h2-7,14H,1,8-12H2,(H,17,19)/t14-/m1/s1. The summed E-state index contributed by atoms with van der Waals surface area (Å²) in [5, 5.41) is 2.72. The van der Waals surface area contributed by atoms with E-state index in [0.29, 0.717) is 26.3 Å². The van der Waals surface area contributed by atoms with Crippen LogP contribution in [-0.2, 0) is 14.3 Å². The Balaban J connectivity index is 2.12. The van der Waals surface area contributed by atoms with Gasteiger partial charge in [-0.05, 0) is 11.6 Å². The summed E-state index contributed by atoms with van der Waals surface area (Å²) in [4.78, 5) is 25.9. The predicted molar refractivity (Wildman–Crippen MR) is 79.8 cm³/mol. The van der Waals surface area contributed by atoms with Crippen LogP contribution < -0.4 is 5.32 Å². The van der Waals surface area contributed by atoms with Gasteiger partial charge in [-0.2, -0.15) is 0 Å². The second kappa shape index (κ2) is 7.59. The van der Waals surface area contributed by atoms with Crippen LogP contribution >= 0.6 is 0 Å². The van der Waals surface area contributed by atoms with E-state index >= 15 is 0 Å². The lowest BCUT2D eigenvalue weighted by Gasteiger charge is -2.30. The van der Waals surface area contributed by atoms with Crippen molar-refractivity contribution in [3.05, 3.63) is 48.6 Å². The Kier molecular flexibility index (Phi) is 5.51. The maximum absolute atomic E-state index is 12.7. The van der Waals surface area contributed by atoms with E-state index in [4.69, 9.17) is 4.74 Å². The maximum Gasteiger partial charge on any atom is 0.243 e. The number of ether oxygens (including phenoxy) is 1. The lowest BCUT2D eigenvalue weighted by atomic mass is 9.97. The van der Waals surface area contributed by atoms with Gasteiger partial charge in [0.15, 0.2) is 0 Å². The summed E-state index contributed by atoms with van der Waals surface area (Å²) >= 11 is 0. The molecule has 0 aromatic heterocycles. The van der Waals surface area contributed by atoms with Crippen LogP contribution in [-0.4, -0.2) is 49.6 Å². The molecule has 1 aliphatic heterocycles. The van der Waals surface area contributed by atoms with Crippen molar-refractivity contribution < 1.29 is 14.3 Å². The van der Waals surface area contributed by atoms with Crippen molar-refractivity contribution in [3.8, 4) is 0 Å². The molecule has 2 rings (SSSR count). The molecule has 2 amide bonds. The Labute approximate surface area is 124 Å². The third-order valence-corrected chi connectivity index (χ3v) is 3.49. The van der Waals surface area contributed by atoms with Crippen LogP contribution in [0.15, 0.2) is 43.0 Å². The van der Waals surface area contributed by atoms with Gasteiger partial charge in [0, 0.05) is 19.6 Å². The fraction of sp³-hybridized carbons (Fsp3) is 0.375. The van der Waals surface area contributed by atoms with Crippen molar-refractivity contribution in [3.63, 3.8) is 0 Å². The van der Waals surface area contributed by atoms with Crippen LogP contribution in [0.25, 0.3) is 0 Å². The molecule has 0 bridgehead atoms. The summed E-state index contributed by atoms with van der Waals surface area (Å²) in [6, 6.07) is 9.50. The molecule has 1 aliphatic rings. The minimum atomic E-state index is -0.381. The fourth-order valence-electron chi connectivity index (χ4n) is 2.31. The van der Waals surface area contributed by atoms with Crippen molar-refractivity contribution in [2.24, 2.45) is 0 Å². The van der Waals surface area contributed by atoms with Crippen LogP contribution in [0, 0.1) is 0 Å². The van der Waals surface area contributed by atoms with E-state index in [9.17, 15) is 9.59 Å².